The summed E-state index contributed by atoms with van der Waals surface area (Å²) in [5, 5.41) is 0. The van der Waals surface area contributed by atoms with Gasteiger partial charge in [-0.3, -0.25) is 4.79 Å². The first kappa shape index (κ1) is 19.3. The molecule has 2 heterocycles. The van der Waals surface area contributed by atoms with Gasteiger partial charge < -0.3 is 9.64 Å². The molecule has 2 aliphatic heterocycles. The third kappa shape index (κ3) is 4.27. The molecule has 0 saturated carbocycles. The number of amides is 1. The van der Waals surface area contributed by atoms with Crippen LogP contribution in [0.1, 0.15) is 43.0 Å². The smallest absolute Gasteiger partial charge is 0.253 e. The molecule has 2 fully saturated rings. The fourth-order valence-corrected chi connectivity index (χ4v) is 5.01. The van der Waals surface area contributed by atoms with Crippen molar-refractivity contribution in [1.82, 2.24) is 9.21 Å². The Hall–Kier alpha value is -1.44. The second-order valence-electron chi connectivity index (χ2n) is 7.43. The molecule has 1 aromatic carbocycles. The molecule has 1 amide bonds. The molecule has 0 radical (unpaired) electrons. The summed E-state index contributed by atoms with van der Waals surface area (Å²) in [7, 11) is -1.72. The highest BCUT2D eigenvalue weighted by Crippen LogP contribution is 2.24. The topological polar surface area (TPSA) is 66.9 Å². The summed E-state index contributed by atoms with van der Waals surface area (Å²) in [6.45, 7) is 4.60. The molecule has 144 valence electrons. The van der Waals surface area contributed by atoms with Crippen molar-refractivity contribution in [1.29, 1.82) is 0 Å². The van der Waals surface area contributed by atoms with E-state index in [2.05, 4.69) is 6.92 Å². The molecule has 1 atom stereocenters. The summed E-state index contributed by atoms with van der Waals surface area (Å²) in [4.78, 5) is 14.4. The lowest BCUT2D eigenvalue weighted by atomic mass is 10.0. The highest BCUT2D eigenvalue weighted by atomic mass is 32.2. The maximum absolute atomic E-state index is 12.8. The molecule has 0 bridgehead atoms. The van der Waals surface area contributed by atoms with E-state index in [0.29, 0.717) is 31.1 Å². The normalized spacial score (nSPS) is 22.5. The summed E-state index contributed by atoms with van der Waals surface area (Å²) in [5.74, 6) is 0.456. The van der Waals surface area contributed by atoms with E-state index < -0.39 is 10.0 Å². The van der Waals surface area contributed by atoms with E-state index in [4.69, 9.17) is 4.74 Å². The molecule has 7 heteroatoms. The molecule has 0 aromatic heterocycles. The predicted molar refractivity (Wildman–Crippen MR) is 99.5 cm³/mol. The van der Waals surface area contributed by atoms with Crippen molar-refractivity contribution in [2.45, 2.75) is 43.6 Å². The molecule has 0 N–H and O–H groups in total. The van der Waals surface area contributed by atoms with Gasteiger partial charge in [0.2, 0.25) is 10.0 Å². The number of hydrogen-bond acceptors (Lipinski definition) is 4. The van der Waals surface area contributed by atoms with Crippen LogP contribution in [0.2, 0.25) is 0 Å². The average molecular weight is 381 g/mol. The third-order valence-corrected chi connectivity index (χ3v) is 7.24. The standard InChI is InChI=1S/C19H28N2O4S/c1-15-9-11-21(12-10-15)26(23,24)18-7-5-16(6-8-18)19(22)20(2)14-17-4-3-13-25-17/h5-8,15,17H,3-4,9-14H2,1-2H3/t17-/m0/s1. The highest BCUT2D eigenvalue weighted by Gasteiger charge is 2.28. The number of likely N-dealkylation sites (N-methyl/N-ethyl adjacent to an activating group) is 1. The molecular formula is C19H28N2O4S. The van der Waals surface area contributed by atoms with Crippen LogP contribution in [-0.4, -0.2) is 62.9 Å². The van der Waals surface area contributed by atoms with E-state index in [-0.39, 0.29) is 16.9 Å². The number of nitrogens with zero attached hydrogens (tertiary/aromatic N) is 2. The van der Waals surface area contributed by atoms with Crippen LogP contribution in [0, 0.1) is 5.92 Å². The number of rotatable bonds is 5. The number of hydrogen-bond donors (Lipinski definition) is 0. The van der Waals surface area contributed by atoms with Crippen molar-refractivity contribution in [3.8, 4) is 0 Å². The minimum absolute atomic E-state index is 0.102. The van der Waals surface area contributed by atoms with Crippen LogP contribution in [-0.2, 0) is 14.8 Å². The van der Waals surface area contributed by atoms with Crippen molar-refractivity contribution >= 4 is 15.9 Å². The predicted octanol–water partition coefficient (Wildman–Crippen LogP) is 2.36. The fourth-order valence-electron chi connectivity index (χ4n) is 3.54. The summed E-state index contributed by atoms with van der Waals surface area (Å²) in [6.07, 6.45) is 3.90. The van der Waals surface area contributed by atoms with E-state index in [9.17, 15) is 13.2 Å². The number of carbonyl (C=O) groups is 1. The van der Waals surface area contributed by atoms with Gasteiger partial charge in [-0.15, -0.1) is 0 Å². The van der Waals surface area contributed by atoms with Crippen molar-refractivity contribution < 1.29 is 17.9 Å². The summed E-state index contributed by atoms with van der Waals surface area (Å²) in [5.41, 5.74) is 0.497. The monoisotopic (exact) mass is 380 g/mol. The Morgan fingerprint density at radius 1 is 1.19 bits per heavy atom. The first-order valence-electron chi connectivity index (χ1n) is 9.35. The zero-order chi connectivity index (χ0) is 18.7. The lowest BCUT2D eigenvalue weighted by Crippen LogP contribution is -2.38. The zero-order valence-electron chi connectivity index (χ0n) is 15.6. The fraction of sp³-hybridized carbons (Fsp3) is 0.632. The molecule has 0 spiro atoms. The Morgan fingerprint density at radius 3 is 2.42 bits per heavy atom. The molecule has 2 aliphatic rings. The Kier molecular flexibility index (Phi) is 5.99. The van der Waals surface area contributed by atoms with Crippen LogP contribution >= 0.6 is 0 Å². The SMILES string of the molecule is CC1CCN(S(=O)(=O)c2ccc(C(=O)N(C)C[C@@H]3CCCO3)cc2)CC1. The number of ether oxygens (including phenoxy) is 1. The Labute approximate surface area is 156 Å². The summed E-state index contributed by atoms with van der Waals surface area (Å²) >= 11 is 0. The number of benzene rings is 1. The first-order chi connectivity index (χ1) is 12.4. The van der Waals surface area contributed by atoms with Gasteiger partial charge in [0.15, 0.2) is 0 Å². The lowest BCUT2D eigenvalue weighted by molar-refractivity contribution is 0.0587. The van der Waals surface area contributed by atoms with Gasteiger partial charge >= 0.3 is 0 Å². The van der Waals surface area contributed by atoms with E-state index >= 15 is 0 Å². The minimum atomic E-state index is -3.48. The lowest BCUT2D eigenvalue weighted by Gasteiger charge is -2.29. The van der Waals surface area contributed by atoms with Crippen LogP contribution < -0.4 is 0 Å². The molecule has 26 heavy (non-hydrogen) atoms. The van der Waals surface area contributed by atoms with Crippen LogP contribution in [0.15, 0.2) is 29.2 Å². The van der Waals surface area contributed by atoms with Crippen LogP contribution in [0.5, 0.6) is 0 Å². The highest BCUT2D eigenvalue weighted by molar-refractivity contribution is 7.89. The van der Waals surface area contributed by atoms with Gasteiger partial charge in [0.25, 0.3) is 5.91 Å². The van der Waals surface area contributed by atoms with Gasteiger partial charge in [-0.2, -0.15) is 4.31 Å². The quantitative estimate of drug-likeness (QED) is 0.786. The van der Waals surface area contributed by atoms with E-state index in [0.717, 1.165) is 32.3 Å². The second kappa shape index (κ2) is 8.06. The first-order valence-corrected chi connectivity index (χ1v) is 10.8. The molecule has 2 saturated heterocycles. The van der Waals surface area contributed by atoms with Crippen LogP contribution in [0.4, 0.5) is 0 Å². The Morgan fingerprint density at radius 2 is 1.85 bits per heavy atom. The average Bonchev–Trinajstić information content (AvgIpc) is 3.14. The van der Waals surface area contributed by atoms with Crippen molar-refractivity contribution in [3.63, 3.8) is 0 Å². The minimum Gasteiger partial charge on any atom is -0.376 e. The van der Waals surface area contributed by atoms with E-state index in [1.165, 1.54) is 0 Å². The van der Waals surface area contributed by atoms with Crippen LogP contribution in [0.25, 0.3) is 0 Å². The molecule has 6 nitrogen and oxygen atoms in total. The van der Waals surface area contributed by atoms with Crippen molar-refractivity contribution in [2.75, 3.05) is 33.3 Å². The van der Waals surface area contributed by atoms with Crippen LogP contribution in [0.3, 0.4) is 0 Å². The van der Waals surface area contributed by atoms with Gasteiger partial charge in [-0.05, 0) is 55.9 Å². The maximum atomic E-state index is 12.8. The van der Waals surface area contributed by atoms with Crippen molar-refractivity contribution in [2.24, 2.45) is 5.92 Å². The molecule has 3 rings (SSSR count). The number of carbonyl (C=O) groups excluding carboxylic acids is 1. The largest absolute Gasteiger partial charge is 0.376 e. The number of sulfonamides is 1. The Balaban J connectivity index is 1.66. The van der Waals surface area contributed by atoms with Gasteiger partial charge in [0, 0.05) is 38.9 Å². The molecule has 0 aliphatic carbocycles. The van der Waals surface area contributed by atoms with Gasteiger partial charge in [-0.25, -0.2) is 8.42 Å². The zero-order valence-corrected chi connectivity index (χ0v) is 16.4. The van der Waals surface area contributed by atoms with E-state index in [1.807, 2.05) is 0 Å². The second-order valence-corrected chi connectivity index (χ2v) is 9.37. The Bertz CT molecular complexity index is 718. The van der Waals surface area contributed by atoms with Gasteiger partial charge in [0.05, 0.1) is 11.0 Å². The van der Waals surface area contributed by atoms with Gasteiger partial charge in [-0.1, -0.05) is 6.92 Å². The molecular weight excluding hydrogens is 352 g/mol. The van der Waals surface area contributed by atoms with E-state index in [1.54, 1.807) is 40.5 Å². The van der Waals surface area contributed by atoms with Crippen molar-refractivity contribution in [3.05, 3.63) is 29.8 Å². The van der Waals surface area contributed by atoms with Gasteiger partial charge in [0.1, 0.15) is 0 Å². The third-order valence-electron chi connectivity index (χ3n) is 5.33. The molecule has 1 aromatic rings. The maximum Gasteiger partial charge on any atom is 0.253 e. The summed E-state index contributed by atoms with van der Waals surface area (Å²) in [6, 6.07) is 6.29. The summed E-state index contributed by atoms with van der Waals surface area (Å²) < 4.78 is 32.6. The molecule has 0 unspecified atom stereocenters. The number of piperidine rings is 1.